The third-order valence-corrected chi connectivity index (χ3v) is 1.05. The number of carbonyl (C=O) groups excluding carboxylic acids is 1. The van der Waals surface area contributed by atoms with Crippen LogP contribution in [0.1, 0.15) is 33.1 Å². The molecule has 0 radical (unpaired) electrons. The molecule has 0 saturated carbocycles. The first-order chi connectivity index (χ1) is 5.27. The molecular weight excluding hydrogens is 142 g/mol. The van der Waals surface area contributed by atoms with Gasteiger partial charge in [0.1, 0.15) is 12.9 Å². The van der Waals surface area contributed by atoms with Crippen LogP contribution in [0.15, 0.2) is 5.16 Å². The van der Waals surface area contributed by atoms with Gasteiger partial charge < -0.3 is 9.63 Å². The second-order valence-corrected chi connectivity index (χ2v) is 2.53. The van der Waals surface area contributed by atoms with E-state index in [2.05, 4.69) is 5.16 Å². The minimum absolute atomic E-state index is 0.610. The fourth-order valence-electron chi connectivity index (χ4n) is 0.569. The van der Waals surface area contributed by atoms with Gasteiger partial charge in [0, 0.05) is 6.42 Å². The lowest BCUT2D eigenvalue weighted by Crippen LogP contribution is -1.91. The predicted molar refractivity (Wildman–Crippen MR) is 44.7 cm³/mol. The molecule has 0 aliphatic carbocycles. The van der Waals surface area contributed by atoms with Gasteiger partial charge in [0.15, 0.2) is 0 Å². The molecule has 0 N–H and O–H groups in total. The van der Waals surface area contributed by atoms with Crippen LogP contribution in [0.4, 0.5) is 0 Å². The molecule has 0 aromatic heterocycles. The molecule has 0 atom stereocenters. The average Bonchev–Trinajstić information content (AvgIpc) is 1.96. The van der Waals surface area contributed by atoms with Gasteiger partial charge in [0.25, 0.3) is 0 Å². The van der Waals surface area contributed by atoms with Crippen LogP contribution in [0, 0.1) is 0 Å². The number of oxime groups is 1. The Morgan fingerprint density at radius 1 is 1.45 bits per heavy atom. The summed E-state index contributed by atoms with van der Waals surface area (Å²) < 4.78 is 0. The Bertz CT molecular complexity index is 128. The molecule has 0 amide bonds. The molecule has 0 heterocycles. The maximum atomic E-state index is 9.88. The molecule has 0 aromatic carbocycles. The Kier molecular flexibility index (Phi) is 6.68. The Hall–Kier alpha value is -0.860. The SMILES string of the molecule is CC(C)=NOCCCCC=O. The number of nitrogens with zero attached hydrogens (tertiary/aromatic N) is 1. The van der Waals surface area contributed by atoms with E-state index in [4.69, 9.17) is 4.84 Å². The molecule has 0 aromatic rings. The van der Waals surface area contributed by atoms with Crippen LogP contribution in [0.25, 0.3) is 0 Å². The smallest absolute Gasteiger partial charge is 0.119 e. The molecule has 0 aliphatic rings. The average molecular weight is 157 g/mol. The van der Waals surface area contributed by atoms with Gasteiger partial charge in [-0.05, 0) is 26.7 Å². The Morgan fingerprint density at radius 2 is 2.18 bits per heavy atom. The topological polar surface area (TPSA) is 38.7 Å². The Labute approximate surface area is 67.4 Å². The number of carbonyl (C=O) groups is 1. The van der Waals surface area contributed by atoms with E-state index >= 15 is 0 Å². The van der Waals surface area contributed by atoms with Gasteiger partial charge in [-0.1, -0.05) is 5.16 Å². The highest BCUT2D eigenvalue weighted by Crippen LogP contribution is 1.93. The number of aldehydes is 1. The summed E-state index contributed by atoms with van der Waals surface area (Å²) in [7, 11) is 0. The summed E-state index contributed by atoms with van der Waals surface area (Å²) in [5, 5.41) is 3.75. The first kappa shape index (κ1) is 10.1. The Balaban J connectivity index is 3.02. The van der Waals surface area contributed by atoms with Crippen molar-refractivity contribution in [2.75, 3.05) is 6.61 Å². The summed E-state index contributed by atoms with van der Waals surface area (Å²) in [6.07, 6.45) is 3.34. The summed E-state index contributed by atoms with van der Waals surface area (Å²) in [6.45, 7) is 4.37. The van der Waals surface area contributed by atoms with Crippen molar-refractivity contribution in [1.29, 1.82) is 0 Å². The van der Waals surface area contributed by atoms with Crippen LogP contribution < -0.4 is 0 Å². The first-order valence-electron chi connectivity index (χ1n) is 3.84. The molecule has 11 heavy (non-hydrogen) atoms. The van der Waals surface area contributed by atoms with Crippen LogP contribution in [0.5, 0.6) is 0 Å². The van der Waals surface area contributed by atoms with Gasteiger partial charge in [-0.2, -0.15) is 0 Å². The standard InChI is InChI=1S/C8H15NO2/c1-8(2)9-11-7-5-3-4-6-10/h6H,3-5,7H2,1-2H3. The van der Waals surface area contributed by atoms with Crippen molar-refractivity contribution in [1.82, 2.24) is 0 Å². The predicted octanol–water partition coefficient (Wildman–Crippen LogP) is 1.77. The zero-order chi connectivity index (χ0) is 8.53. The van der Waals surface area contributed by atoms with Gasteiger partial charge in [0.05, 0.1) is 5.71 Å². The lowest BCUT2D eigenvalue weighted by Gasteiger charge is -1.97. The maximum Gasteiger partial charge on any atom is 0.119 e. The highest BCUT2D eigenvalue weighted by Gasteiger charge is 1.87. The minimum atomic E-state index is 0.610. The van der Waals surface area contributed by atoms with Crippen molar-refractivity contribution in [3.8, 4) is 0 Å². The van der Waals surface area contributed by atoms with Crippen molar-refractivity contribution in [2.45, 2.75) is 33.1 Å². The summed E-state index contributed by atoms with van der Waals surface area (Å²) in [5.41, 5.74) is 0.917. The van der Waals surface area contributed by atoms with Crippen LogP contribution >= 0.6 is 0 Å². The highest BCUT2D eigenvalue weighted by molar-refractivity contribution is 5.78. The van der Waals surface area contributed by atoms with Gasteiger partial charge in [0.2, 0.25) is 0 Å². The molecule has 0 bridgehead atoms. The lowest BCUT2D eigenvalue weighted by atomic mass is 10.3. The number of rotatable bonds is 6. The highest BCUT2D eigenvalue weighted by atomic mass is 16.6. The van der Waals surface area contributed by atoms with Crippen LogP contribution in [-0.4, -0.2) is 18.6 Å². The fraction of sp³-hybridized carbons (Fsp3) is 0.750. The number of hydrogen-bond acceptors (Lipinski definition) is 3. The largest absolute Gasteiger partial charge is 0.396 e. The second-order valence-electron chi connectivity index (χ2n) is 2.53. The van der Waals surface area contributed by atoms with Gasteiger partial charge in [-0.15, -0.1) is 0 Å². The third kappa shape index (κ3) is 9.14. The molecule has 3 nitrogen and oxygen atoms in total. The molecule has 64 valence electrons. The van der Waals surface area contributed by atoms with E-state index in [-0.39, 0.29) is 0 Å². The van der Waals surface area contributed by atoms with Gasteiger partial charge in [-0.3, -0.25) is 0 Å². The zero-order valence-electron chi connectivity index (χ0n) is 7.17. The minimum Gasteiger partial charge on any atom is -0.396 e. The van der Waals surface area contributed by atoms with Crippen LogP contribution in [0.2, 0.25) is 0 Å². The van der Waals surface area contributed by atoms with Gasteiger partial charge >= 0.3 is 0 Å². The summed E-state index contributed by atoms with van der Waals surface area (Å²) in [5.74, 6) is 0. The normalized spacial score (nSPS) is 8.91. The summed E-state index contributed by atoms with van der Waals surface area (Å²) in [6, 6.07) is 0. The summed E-state index contributed by atoms with van der Waals surface area (Å²) in [4.78, 5) is 14.8. The maximum absolute atomic E-state index is 9.88. The molecule has 0 unspecified atom stereocenters. The fourth-order valence-corrected chi connectivity index (χ4v) is 0.569. The molecule has 0 rings (SSSR count). The van der Waals surface area contributed by atoms with E-state index in [1.54, 1.807) is 0 Å². The molecule has 0 spiro atoms. The Morgan fingerprint density at radius 3 is 2.73 bits per heavy atom. The van der Waals surface area contributed by atoms with E-state index in [0.29, 0.717) is 13.0 Å². The van der Waals surface area contributed by atoms with Crippen molar-refractivity contribution in [2.24, 2.45) is 5.16 Å². The first-order valence-corrected chi connectivity index (χ1v) is 3.84. The van der Waals surface area contributed by atoms with Crippen molar-refractivity contribution in [3.63, 3.8) is 0 Å². The van der Waals surface area contributed by atoms with Crippen LogP contribution in [0.3, 0.4) is 0 Å². The number of hydrogen-bond donors (Lipinski definition) is 0. The summed E-state index contributed by atoms with van der Waals surface area (Å²) >= 11 is 0. The van der Waals surface area contributed by atoms with E-state index in [1.165, 1.54) is 0 Å². The molecule has 0 aliphatic heterocycles. The van der Waals surface area contributed by atoms with E-state index in [1.807, 2.05) is 13.8 Å². The zero-order valence-corrected chi connectivity index (χ0v) is 7.17. The molecule has 3 heteroatoms. The molecular formula is C8H15NO2. The van der Waals surface area contributed by atoms with E-state index in [9.17, 15) is 4.79 Å². The lowest BCUT2D eigenvalue weighted by molar-refractivity contribution is -0.108. The molecule has 0 fully saturated rings. The van der Waals surface area contributed by atoms with Crippen molar-refractivity contribution < 1.29 is 9.63 Å². The van der Waals surface area contributed by atoms with E-state index in [0.717, 1.165) is 24.8 Å². The van der Waals surface area contributed by atoms with Gasteiger partial charge in [-0.25, -0.2) is 0 Å². The number of unbranched alkanes of at least 4 members (excludes halogenated alkanes) is 2. The van der Waals surface area contributed by atoms with Crippen LogP contribution in [-0.2, 0) is 9.63 Å². The molecule has 0 saturated heterocycles. The van der Waals surface area contributed by atoms with Crippen molar-refractivity contribution in [3.05, 3.63) is 0 Å². The third-order valence-electron chi connectivity index (χ3n) is 1.05. The quantitative estimate of drug-likeness (QED) is 0.255. The van der Waals surface area contributed by atoms with Crippen molar-refractivity contribution >= 4 is 12.0 Å². The van der Waals surface area contributed by atoms with E-state index < -0.39 is 0 Å². The second kappa shape index (κ2) is 7.25. The monoisotopic (exact) mass is 157 g/mol.